The third-order valence-corrected chi connectivity index (χ3v) is 9.74. The number of methoxy groups -OCH3 is 1. The number of carboxylic acids is 1. The van der Waals surface area contributed by atoms with E-state index in [1.165, 1.54) is 0 Å². The fraction of sp³-hybridized carbons (Fsp3) is 0.800. The van der Waals surface area contributed by atoms with Crippen molar-refractivity contribution in [1.29, 1.82) is 0 Å². The number of allylic oxidation sites excluding steroid dienone is 3. The van der Waals surface area contributed by atoms with Crippen LogP contribution in [0.5, 0.6) is 0 Å². The maximum atomic E-state index is 12.8. The van der Waals surface area contributed by atoms with Crippen molar-refractivity contribution in [2.24, 2.45) is 17.8 Å². The monoisotopic (exact) mass is 665 g/mol. The van der Waals surface area contributed by atoms with Gasteiger partial charge in [-0.15, -0.1) is 0 Å². The molecule has 268 valence electrons. The molecule has 47 heavy (non-hydrogen) atoms. The van der Waals surface area contributed by atoms with E-state index in [1.54, 1.807) is 18.9 Å². The molecule has 3 fully saturated rings. The van der Waals surface area contributed by atoms with Crippen LogP contribution in [0.1, 0.15) is 80.1 Å². The first-order chi connectivity index (χ1) is 22.2. The number of aliphatic carboxylic acids is 1. The summed E-state index contributed by atoms with van der Waals surface area (Å²) in [7, 11) is 1.62. The highest BCUT2D eigenvalue weighted by Crippen LogP contribution is 2.47. The second-order valence-corrected chi connectivity index (χ2v) is 14.0. The van der Waals surface area contributed by atoms with Gasteiger partial charge >= 0.3 is 12.1 Å². The molecule has 0 aromatic rings. The van der Waals surface area contributed by atoms with Crippen molar-refractivity contribution < 1.29 is 43.5 Å². The van der Waals surface area contributed by atoms with Gasteiger partial charge in [0, 0.05) is 39.2 Å². The highest BCUT2D eigenvalue weighted by molar-refractivity contribution is 5.83. The topological polar surface area (TPSA) is 159 Å². The van der Waals surface area contributed by atoms with E-state index in [1.807, 2.05) is 6.92 Å². The number of aliphatic hydroxyl groups excluding tert-OH is 1. The summed E-state index contributed by atoms with van der Waals surface area (Å²) in [6.45, 7) is 15.0. The van der Waals surface area contributed by atoms with E-state index in [0.29, 0.717) is 19.5 Å². The molecule has 4 N–H and O–H groups in total. The molecule has 0 spiro atoms. The molecule has 3 aliphatic rings. The summed E-state index contributed by atoms with van der Waals surface area (Å²) < 4.78 is 23.2. The predicted molar refractivity (Wildman–Crippen MR) is 178 cm³/mol. The number of rotatable bonds is 17. The SMILES string of the molecule is COC(C(C)O)C(C)[C@H]1O[C@]1(C)CC(C)/C=C/C=C(\C)[C@H]1O[C@@H](CC(=O)NC(CCCOC(=O)N2CCNCC2)C(=O)O)CC[C@@H]1C. The number of nitrogens with one attached hydrogen (secondary N) is 2. The maximum absolute atomic E-state index is 12.8. The van der Waals surface area contributed by atoms with Crippen LogP contribution < -0.4 is 10.6 Å². The molecule has 3 aliphatic heterocycles. The lowest BCUT2D eigenvalue weighted by Crippen LogP contribution is -2.46. The van der Waals surface area contributed by atoms with Gasteiger partial charge in [-0.05, 0) is 70.3 Å². The van der Waals surface area contributed by atoms with E-state index in [-0.39, 0.29) is 73.1 Å². The molecular formula is C35H59N3O9. The third kappa shape index (κ3) is 11.8. The zero-order valence-electron chi connectivity index (χ0n) is 29.4. The fourth-order valence-electron chi connectivity index (χ4n) is 7.13. The van der Waals surface area contributed by atoms with Crippen molar-refractivity contribution in [1.82, 2.24) is 15.5 Å². The van der Waals surface area contributed by atoms with Gasteiger partial charge in [0.05, 0.1) is 49.1 Å². The molecule has 12 heteroatoms. The van der Waals surface area contributed by atoms with Crippen LogP contribution >= 0.6 is 0 Å². The molecule has 0 radical (unpaired) electrons. The number of aliphatic hydroxyl groups is 1. The zero-order chi connectivity index (χ0) is 34.7. The number of carboxylic acid groups (broad SMARTS) is 1. The van der Waals surface area contributed by atoms with Crippen molar-refractivity contribution in [2.45, 2.75) is 122 Å². The average molecular weight is 666 g/mol. The Hall–Kier alpha value is -2.51. The van der Waals surface area contributed by atoms with E-state index in [4.69, 9.17) is 18.9 Å². The minimum Gasteiger partial charge on any atom is -0.480 e. The van der Waals surface area contributed by atoms with Gasteiger partial charge in [0.1, 0.15) is 6.04 Å². The Morgan fingerprint density at radius 3 is 2.51 bits per heavy atom. The van der Waals surface area contributed by atoms with E-state index in [2.05, 4.69) is 56.6 Å². The van der Waals surface area contributed by atoms with Crippen LogP contribution in [0, 0.1) is 17.8 Å². The van der Waals surface area contributed by atoms with Crippen molar-refractivity contribution in [3.63, 3.8) is 0 Å². The van der Waals surface area contributed by atoms with Crippen molar-refractivity contribution in [3.8, 4) is 0 Å². The first-order valence-electron chi connectivity index (χ1n) is 17.3. The molecule has 3 rings (SSSR count). The standard InChI is InChI=1S/C35H59N3O9/c1-22(21-35(6)32(47-35)25(4)31(44-7)26(5)39)10-8-11-23(2)30-24(3)13-14-27(46-30)20-29(40)37-28(33(41)42)12-9-19-45-34(43)38-17-15-36-16-18-38/h8,10-11,22,24-28,30-32,36,39H,9,12-21H2,1-7H3,(H,37,40)(H,41,42)/b10-8+,23-11+/t22?,24-,25?,26?,27+,28?,30+,31?,32+,35+/m0/s1. The number of piperazine rings is 1. The first kappa shape index (κ1) is 38.9. The number of nitrogens with zero attached hydrogens (tertiary/aromatic N) is 1. The van der Waals surface area contributed by atoms with Crippen LogP contribution in [0.25, 0.3) is 0 Å². The third-order valence-electron chi connectivity index (χ3n) is 9.74. The number of ether oxygens (including phenoxy) is 4. The highest BCUT2D eigenvalue weighted by Gasteiger charge is 2.56. The number of amides is 2. The number of epoxide rings is 1. The lowest BCUT2D eigenvalue weighted by Gasteiger charge is -2.35. The lowest BCUT2D eigenvalue weighted by atomic mass is 9.85. The summed E-state index contributed by atoms with van der Waals surface area (Å²) >= 11 is 0. The van der Waals surface area contributed by atoms with Crippen LogP contribution in [0.15, 0.2) is 23.8 Å². The van der Waals surface area contributed by atoms with Crippen LogP contribution in [0.3, 0.4) is 0 Å². The van der Waals surface area contributed by atoms with E-state index in [0.717, 1.165) is 37.9 Å². The molecule has 10 atom stereocenters. The Kier molecular flexibility index (Phi) is 15.2. The molecule has 3 saturated heterocycles. The second kappa shape index (κ2) is 18.3. The molecule has 0 bridgehead atoms. The Balaban J connectivity index is 1.43. The molecular weight excluding hydrogens is 606 g/mol. The molecule has 2 amide bonds. The molecule has 5 unspecified atom stereocenters. The van der Waals surface area contributed by atoms with Gasteiger partial charge in [-0.25, -0.2) is 9.59 Å². The number of hydrogen-bond acceptors (Lipinski definition) is 9. The summed E-state index contributed by atoms with van der Waals surface area (Å²) in [4.78, 5) is 38.4. The van der Waals surface area contributed by atoms with Crippen molar-refractivity contribution in [2.75, 3.05) is 39.9 Å². The summed E-state index contributed by atoms with van der Waals surface area (Å²) in [5.74, 6) is -0.837. The molecule has 3 heterocycles. The van der Waals surface area contributed by atoms with Crippen LogP contribution in [0.4, 0.5) is 4.79 Å². The lowest BCUT2D eigenvalue weighted by molar-refractivity contribution is -0.143. The first-order valence-corrected chi connectivity index (χ1v) is 17.3. The largest absolute Gasteiger partial charge is 0.480 e. The molecule has 0 aromatic heterocycles. The van der Waals surface area contributed by atoms with Gasteiger partial charge in [-0.2, -0.15) is 0 Å². The molecule has 0 aromatic carbocycles. The smallest absolute Gasteiger partial charge is 0.409 e. The number of carbonyl (C=O) groups excluding carboxylic acids is 2. The second-order valence-electron chi connectivity index (χ2n) is 14.0. The van der Waals surface area contributed by atoms with Crippen LogP contribution in [-0.4, -0.2) is 115 Å². The quantitative estimate of drug-likeness (QED) is 0.103. The Morgan fingerprint density at radius 1 is 1.17 bits per heavy atom. The Morgan fingerprint density at radius 2 is 1.87 bits per heavy atom. The van der Waals surface area contributed by atoms with Gasteiger partial charge in [0.25, 0.3) is 0 Å². The summed E-state index contributed by atoms with van der Waals surface area (Å²) in [6, 6.07) is -1.06. The van der Waals surface area contributed by atoms with Crippen LogP contribution in [-0.2, 0) is 28.5 Å². The molecule has 0 aliphatic carbocycles. The van der Waals surface area contributed by atoms with Crippen molar-refractivity contribution >= 4 is 18.0 Å². The maximum Gasteiger partial charge on any atom is 0.409 e. The van der Waals surface area contributed by atoms with E-state index >= 15 is 0 Å². The summed E-state index contributed by atoms with van der Waals surface area (Å²) in [6.07, 6.45) is 7.72. The molecule has 12 nitrogen and oxygen atoms in total. The predicted octanol–water partition coefficient (Wildman–Crippen LogP) is 3.67. The minimum atomic E-state index is -1.12. The van der Waals surface area contributed by atoms with Gasteiger partial charge in [-0.3, -0.25) is 4.79 Å². The molecule has 0 saturated carbocycles. The normalized spacial score (nSPS) is 29.9. The zero-order valence-corrected chi connectivity index (χ0v) is 29.4. The van der Waals surface area contributed by atoms with Gasteiger partial charge in [0.2, 0.25) is 5.91 Å². The van der Waals surface area contributed by atoms with Gasteiger partial charge < -0.3 is 44.7 Å². The highest BCUT2D eigenvalue weighted by atomic mass is 16.6. The van der Waals surface area contributed by atoms with Gasteiger partial charge in [0.15, 0.2) is 0 Å². The van der Waals surface area contributed by atoms with E-state index in [9.17, 15) is 24.6 Å². The Bertz CT molecular complexity index is 1090. The fourth-order valence-corrected chi connectivity index (χ4v) is 7.13. The average Bonchev–Trinajstić information content (AvgIpc) is 3.69. The Labute approximate surface area is 280 Å². The number of hydrogen-bond donors (Lipinski definition) is 4. The van der Waals surface area contributed by atoms with E-state index < -0.39 is 24.2 Å². The van der Waals surface area contributed by atoms with Gasteiger partial charge in [-0.1, -0.05) is 39.0 Å². The van der Waals surface area contributed by atoms with Crippen molar-refractivity contribution in [3.05, 3.63) is 23.8 Å². The van der Waals surface area contributed by atoms with Crippen LogP contribution in [0.2, 0.25) is 0 Å². The summed E-state index contributed by atoms with van der Waals surface area (Å²) in [5, 5.41) is 25.5. The number of carbonyl (C=O) groups is 3. The minimum absolute atomic E-state index is 0.0405. The summed E-state index contributed by atoms with van der Waals surface area (Å²) in [5.41, 5.74) is 0.824.